The molecular weight excluding hydrogens is 237 g/mol. The van der Waals surface area contributed by atoms with E-state index in [1.807, 2.05) is 6.07 Å². The molecule has 0 heterocycles. The summed E-state index contributed by atoms with van der Waals surface area (Å²) in [5.74, 6) is 1.34. The van der Waals surface area contributed by atoms with Crippen LogP contribution in [0, 0.1) is 24.6 Å². The van der Waals surface area contributed by atoms with Gasteiger partial charge in [-0.2, -0.15) is 0 Å². The Kier molecular flexibility index (Phi) is 4.98. The Morgan fingerprint density at radius 2 is 2.11 bits per heavy atom. The number of hydrogen-bond acceptors (Lipinski definition) is 1. The quantitative estimate of drug-likeness (QED) is 0.862. The Hall–Kier alpha value is -0.890. The van der Waals surface area contributed by atoms with Gasteiger partial charge in [0, 0.05) is 6.04 Å². The molecule has 0 amide bonds. The minimum Gasteiger partial charge on any atom is -0.314 e. The van der Waals surface area contributed by atoms with Gasteiger partial charge in [0.15, 0.2) is 0 Å². The molecule has 1 N–H and O–H groups in total. The number of halogens is 1. The third kappa shape index (κ3) is 3.79. The highest BCUT2D eigenvalue weighted by Crippen LogP contribution is 2.32. The molecule has 0 saturated heterocycles. The van der Waals surface area contributed by atoms with Crippen LogP contribution in [0.4, 0.5) is 4.39 Å². The van der Waals surface area contributed by atoms with E-state index in [0.717, 1.165) is 18.9 Å². The maximum absolute atomic E-state index is 13.4. The Balaban J connectivity index is 2.11. The van der Waals surface area contributed by atoms with E-state index < -0.39 is 0 Å². The third-order valence-electron chi connectivity index (χ3n) is 4.50. The molecular formula is C17H26FN. The molecule has 0 aliphatic heterocycles. The van der Waals surface area contributed by atoms with Gasteiger partial charge in [-0.25, -0.2) is 4.39 Å². The number of benzene rings is 1. The second kappa shape index (κ2) is 6.51. The van der Waals surface area contributed by atoms with Gasteiger partial charge in [-0.05, 0) is 74.2 Å². The molecule has 1 aromatic rings. The topological polar surface area (TPSA) is 12.0 Å². The van der Waals surface area contributed by atoms with Gasteiger partial charge in [0.05, 0.1) is 0 Å². The van der Waals surface area contributed by atoms with Gasteiger partial charge in [0.2, 0.25) is 0 Å². The molecule has 1 aliphatic carbocycles. The second-order valence-electron chi connectivity index (χ2n) is 6.12. The molecule has 106 valence electrons. The monoisotopic (exact) mass is 263 g/mol. The lowest BCUT2D eigenvalue weighted by Gasteiger charge is -2.36. The molecule has 1 aliphatic rings. The molecule has 3 unspecified atom stereocenters. The lowest BCUT2D eigenvalue weighted by molar-refractivity contribution is 0.214. The van der Waals surface area contributed by atoms with Gasteiger partial charge in [-0.1, -0.05) is 19.9 Å². The van der Waals surface area contributed by atoms with Gasteiger partial charge in [0.1, 0.15) is 5.82 Å². The highest BCUT2D eigenvalue weighted by atomic mass is 19.1. The summed E-state index contributed by atoms with van der Waals surface area (Å²) < 4.78 is 13.4. The highest BCUT2D eigenvalue weighted by molar-refractivity contribution is 5.27. The van der Waals surface area contributed by atoms with Crippen LogP contribution in [0.15, 0.2) is 18.2 Å². The average molecular weight is 263 g/mol. The Bertz CT molecular complexity index is 416. The third-order valence-corrected chi connectivity index (χ3v) is 4.50. The lowest BCUT2D eigenvalue weighted by Crippen LogP contribution is -2.41. The normalized spacial score (nSPS) is 27.5. The zero-order valence-corrected chi connectivity index (χ0v) is 12.4. The van der Waals surface area contributed by atoms with Crippen LogP contribution in [0.25, 0.3) is 0 Å². The summed E-state index contributed by atoms with van der Waals surface area (Å²) in [6.45, 7) is 7.62. The van der Waals surface area contributed by atoms with Crippen molar-refractivity contribution in [3.05, 3.63) is 35.1 Å². The molecule has 1 nitrogen and oxygen atoms in total. The van der Waals surface area contributed by atoms with Crippen LogP contribution in [0.3, 0.4) is 0 Å². The molecule has 0 bridgehead atoms. The van der Waals surface area contributed by atoms with E-state index in [1.54, 1.807) is 12.1 Å². The van der Waals surface area contributed by atoms with Crippen LogP contribution in [0.1, 0.15) is 44.2 Å². The smallest absolute Gasteiger partial charge is 0.123 e. The minimum atomic E-state index is -0.107. The first-order chi connectivity index (χ1) is 9.10. The van der Waals surface area contributed by atoms with Gasteiger partial charge in [0.25, 0.3) is 0 Å². The summed E-state index contributed by atoms with van der Waals surface area (Å²) in [6, 6.07) is 5.78. The van der Waals surface area contributed by atoms with Crippen molar-refractivity contribution in [3.8, 4) is 0 Å². The molecule has 1 fully saturated rings. The SMILES string of the molecule is CCNC1CCC(C)CC1Cc1cc(F)ccc1C. The molecule has 1 saturated carbocycles. The number of rotatable bonds is 4. The number of aryl methyl sites for hydroxylation is 1. The van der Waals surface area contributed by atoms with E-state index in [4.69, 9.17) is 0 Å². The largest absolute Gasteiger partial charge is 0.314 e. The van der Waals surface area contributed by atoms with Crippen molar-refractivity contribution in [1.82, 2.24) is 5.32 Å². The summed E-state index contributed by atoms with van der Waals surface area (Å²) in [7, 11) is 0. The fraction of sp³-hybridized carbons (Fsp3) is 0.647. The number of nitrogens with one attached hydrogen (secondary N) is 1. The Morgan fingerprint density at radius 3 is 2.84 bits per heavy atom. The zero-order chi connectivity index (χ0) is 13.8. The van der Waals surface area contributed by atoms with Gasteiger partial charge >= 0.3 is 0 Å². The van der Waals surface area contributed by atoms with Crippen LogP contribution in [0.2, 0.25) is 0 Å². The first-order valence-corrected chi connectivity index (χ1v) is 7.58. The summed E-state index contributed by atoms with van der Waals surface area (Å²) in [5, 5.41) is 3.62. The van der Waals surface area contributed by atoms with Crippen molar-refractivity contribution in [3.63, 3.8) is 0 Å². The van der Waals surface area contributed by atoms with Gasteiger partial charge in [-0.3, -0.25) is 0 Å². The van der Waals surface area contributed by atoms with Gasteiger partial charge in [-0.15, -0.1) is 0 Å². The Labute approximate surface area is 116 Å². The molecule has 2 rings (SSSR count). The summed E-state index contributed by atoms with van der Waals surface area (Å²) >= 11 is 0. The summed E-state index contributed by atoms with van der Waals surface area (Å²) in [4.78, 5) is 0. The van der Waals surface area contributed by atoms with E-state index >= 15 is 0 Å². The van der Waals surface area contributed by atoms with E-state index in [0.29, 0.717) is 12.0 Å². The molecule has 3 atom stereocenters. The highest BCUT2D eigenvalue weighted by Gasteiger charge is 2.28. The predicted octanol–water partition coefficient (Wildman–Crippen LogP) is 4.09. The summed E-state index contributed by atoms with van der Waals surface area (Å²) in [5.41, 5.74) is 2.40. The van der Waals surface area contributed by atoms with Crippen LogP contribution in [-0.4, -0.2) is 12.6 Å². The lowest BCUT2D eigenvalue weighted by atomic mass is 9.75. The molecule has 0 radical (unpaired) electrons. The molecule has 19 heavy (non-hydrogen) atoms. The van der Waals surface area contributed by atoms with Crippen LogP contribution in [-0.2, 0) is 6.42 Å². The minimum absolute atomic E-state index is 0.107. The summed E-state index contributed by atoms with van der Waals surface area (Å²) in [6.07, 6.45) is 4.84. The first kappa shape index (κ1) is 14.5. The molecule has 2 heteroatoms. The van der Waals surface area contributed by atoms with E-state index in [9.17, 15) is 4.39 Å². The van der Waals surface area contributed by atoms with Gasteiger partial charge < -0.3 is 5.32 Å². The maximum atomic E-state index is 13.4. The van der Waals surface area contributed by atoms with Crippen LogP contribution < -0.4 is 5.32 Å². The van der Waals surface area contributed by atoms with Crippen LogP contribution in [0.5, 0.6) is 0 Å². The van der Waals surface area contributed by atoms with Crippen molar-refractivity contribution in [2.24, 2.45) is 11.8 Å². The second-order valence-corrected chi connectivity index (χ2v) is 6.12. The van der Waals surface area contributed by atoms with Crippen molar-refractivity contribution in [1.29, 1.82) is 0 Å². The maximum Gasteiger partial charge on any atom is 0.123 e. The molecule has 0 aromatic heterocycles. The predicted molar refractivity (Wildman–Crippen MR) is 78.8 cm³/mol. The van der Waals surface area contributed by atoms with E-state index in [-0.39, 0.29) is 5.82 Å². The average Bonchev–Trinajstić information content (AvgIpc) is 2.37. The number of hydrogen-bond donors (Lipinski definition) is 1. The fourth-order valence-corrected chi connectivity index (χ4v) is 3.40. The van der Waals surface area contributed by atoms with Crippen molar-refractivity contribution in [2.75, 3.05) is 6.54 Å². The van der Waals surface area contributed by atoms with Crippen molar-refractivity contribution < 1.29 is 4.39 Å². The standard InChI is InChI=1S/C17H26FN/c1-4-19-17-8-5-12(2)9-15(17)10-14-11-16(18)7-6-13(14)3/h6-7,11-12,15,17,19H,4-5,8-10H2,1-3H3. The van der Waals surface area contributed by atoms with Crippen LogP contribution >= 0.6 is 0 Å². The molecule has 1 aromatic carbocycles. The first-order valence-electron chi connectivity index (χ1n) is 7.58. The van der Waals surface area contributed by atoms with E-state index in [1.165, 1.54) is 30.4 Å². The van der Waals surface area contributed by atoms with Crippen molar-refractivity contribution >= 4 is 0 Å². The van der Waals surface area contributed by atoms with E-state index in [2.05, 4.69) is 26.1 Å². The zero-order valence-electron chi connectivity index (χ0n) is 12.4. The molecule has 0 spiro atoms. The van der Waals surface area contributed by atoms with Crippen molar-refractivity contribution in [2.45, 2.75) is 52.5 Å². The Morgan fingerprint density at radius 1 is 1.32 bits per heavy atom. The fourth-order valence-electron chi connectivity index (χ4n) is 3.40.